The lowest BCUT2D eigenvalue weighted by atomic mass is 9.88. The molecule has 2 N–H and O–H groups in total. The molecule has 4 rings (SSSR count). The number of rotatable bonds is 14. The number of hydrogen-bond acceptors (Lipinski definition) is 13. The lowest BCUT2D eigenvalue weighted by Crippen LogP contribution is -2.54. The van der Waals surface area contributed by atoms with E-state index in [2.05, 4.69) is 0 Å². The number of ether oxygens (including phenoxy) is 5. The number of hydrazine groups is 1. The van der Waals surface area contributed by atoms with Gasteiger partial charge in [0.1, 0.15) is 51.6 Å². The molecule has 0 aromatic heterocycles. The highest BCUT2D eigenvalue weighted by molar-refractivity contribution is 7.89. The summed E-state index contributed by atoms with van der Waals surface area (Å²) < 4.78 is 92.8. The molecule has 0 saturated carbocycles. The summed E-state index contributed by atoms with van der Waals surface area (Å²) in [4.78, 5) is 42.0. The van der Waals surface area contributed by atoms with Crippen molar-refractivity contribution >= 4 is 38.0 Å². The van der Waals surface area contributed by atoms with Gasteiger partial charge in [-0.3, -0.25) is 20.2 Å². The second-order valence-electron chi connectivity index (χ2n) is 22.2. The van der Waals surface area contributed by atoms with Crippen LogP contribution in [-0.4, -0.2) is 90.1 Å². The average molecular weight is 964 g/mol. The second kappa shape index (κ2) is 19.0. The van der Waals surface area contributed by atoms with Crippen LogP contribution in [0.1, 0.15) is 167 Å². The Balaban J connectivity index is 1.98. The Morgan fingerprint density at radius 2 is 0.970 bits per heavy atom. The summed E-state index contributed by atoms with van der Waals surface area (Å²) >= 11 is 0. The second-order valence-corrected chi connectivity index (χ2v) is 25.8. The van der Waals surface area contributed by atoms with E-state index in [0.29, 0.717) is 86.1 Å². The quantitative estimate of drug-likeness (QED) is 0.0823. The molecule has 0 unspecified atom stereocenters. The fraction of sp³-hybridized carbons (Fsp3) is 0.694. The van der Waals surface area contributed by atoms with Crippen LogP contribution >= 0.6 is 0 Å². The summed E-state index contributed by atoms with van der Waals surface area (Å²) in [5.41, 5.74) is 0.0941. The molecule has 0 spiro atoms. The van der Waals surface area contributed by atoms with Crippen LogP contribution in [0.25, 0.3) is 0 Å². The van der Waals surface area contributed by atoms with E-state index in [1.54, 1.807) is 104 Å². The third kappa shape index (κ3) is 12.3. The van der Waals surface area contributed by atoms with Gasteiger partial charge in [-0.05, 0) is 215 Å². The van der Waals surface area contributed by atoms with Crippen molar-refractivity contribution < 1.29 is 54.9 Å². The number of nitrogens with zero attached hydrogens (tertiary/aromatic N) is 2. The van der Waals surface area contributed by atoms with Crippen molar-refractivity contribution in [1.82, 2.24) is 8.72 Å². The molecule has 0 fully saturated rings. The van der Waals surface area contributed by atoms with E-state index in [-0.39, 0.29) is 22.6 Å². The molecule has 0 bridgehead atoms. The molecule has 2 aromatic carbocycles. The van der Waals surface area contributed by atoms with Gasteiger partial charge in [0.15, 0.2) is 0 Å². The van der Waals surface area contributed by atoms with Crippen LogP contribution in [0.3, 0.4) is 0 Å². The maximum absolute atomic E-state index is 15.7. The van der Waals surface area contributed by atoms with Gasteiger partial charge in [0.05, 0.1) is 9.79 Å². The number of benzene rings is 2. The topological polar surface area (TPSA) is 198 Å². The molecule has 372 valence electrons. The zero-order valence-electron chi connectivity index (χ0n) is 43.0. The predicted octanol–water partition coefficient (Wildman–Crippen LogP) is 8.23. The molecular weight excluding hydrogens is 887 g/mol. The molecule has 2 atom stereocenters. The number of nitrogens with two attached hydrogens (primary N) is 1. The van der Waals surface area contributed by atoms with Gasteiger partial charge in [-0.2, -0.15) is 4.31 Å². The first-order valence-corrected chi connectivity index (χ1v) is 25.7. The molecule has 0 saturated heterocycles. The Kier molecular flexibility index (Phi) is 15.8. The summed E-state index contributed by atoms with van der Waals surface area (Å²) in [7, 11) is -9.53. The van der Waals surface area contributed by atoms with Crippen LogP contribution in [0.2, 0.25) is 0 Å². The van der Waals surface area contributed by atoms with Crippen LogP contribution in [0.5, 0.6) is 11.5 Å². The summed E-state index contributed by atoms with van der Waals surface area (Å²) in [5.74, 6) is 5.19. The molecule has 0 amide bonds. The molecule has 66 heavy (non-hydrogen) atoms. The number of carbonyl (C=O) groups is 3. The smallest absolute Gasteiger partial charge is 0.326 e. The lowest BCUT2D eigenvalue weighted by Gasteiger charge is -2.38. The normalized spacial score (nSPS) is 17.2. The highest BCUT2D eigenvalue weighted by Crippen LogP contribution is 2.45. The van der Waals surface area contributed by atoms with Gasteiger partial charge in [0.25, 0.3) is 10.0 Å². The molecule has 2 aliphatic heterocycles. The van der Waals surface area contributed by atoms with Crippen molar-refractivity contribution in [3.63, 3.8) is 0 Å². The molecule has 15 nitrogen and oxygen atoms in total. The zero-order chi connectivity index (χ0) is 50.7. The van der Waals surface area contributed by atoms with Crippen molar-refractivity contribution in [2.45, 2.75) is 226 Å². The van der Waals surface area contributed by atoms with Crippen LogP contribution < -0.4 is 15.3 Å². The van der Waals surface area contributed by atoms with Gasteiger partial charge in [-0.25, -0.2) is 16.8 Å². The van der Waals surface area contributed by atoms with Crippen molar-refractivity contribution in [3.05, 3.63) is 44.5 Å². The minimum atomic E-state index is -4.79. The van der Waals surface area contributed by atoms with Crippen molar-refractivity contribution in [1.29, 1.82) is 0 Å². The van der Waals surface area contributed by atoms with E-state index in [4.69, 9.17) is 29.5 Å². The molecule has 2 aromatic rings. The monoisotopic (exact) mass is 963 g/mol. The first kappa shape index (κ1) is 54.8. The zero-order valence-corrected chi connectivity index (χ0v) is 44.6. The highest BCUT2D eigenvalue weighted by Gasteiger charge is 2.46. The third-order valence-corrected chi connectivity index (χ3v) is 16.2. The Hall–Kier alpha value is -3.77. The number of carbonyl (C=O) groups excluding carboxylic acids is 3. The Morgan fingerprint density at radius 3 is 1.36 bits per heavy atom. The van der Waals surface area contributed by atoms with Crippen LogP contribution in [0, 0.1) is 41.5 Å². The Labute approximate surface area is 394 Å². The summed E-state index contributed by atoms with van der Waals surface area (Å²) in [6, 6.07) is -3.48. The minimum absolute atomic E-state index is 0.0832. The fourth-order valence-corrected chi connectivity index (χ4v) is 12.6. The number of hydrogen-bond donors (Lipinski definition) is 1. The standard InChI is InChI=1S/C49H77N3O12S2/c1-28-30(3)41(32(5)34-22-25-48(16,17)61-39(28)34)65(56,57)51(36(43(54)63-46(10,11)12)20-21-38(53)60-45(7,8)9)27-24-37(44(55)64-47(13,14)15)52(50)66(58,59)42-31(4)29(2)40-35(33(42)6)23-26-49(18,19)62-40/h36-37H,20-27,50H2,1-19H3/t36-,37-/m0/s1. The number of sulfonamides is 2. The minimum Gasteiger partial charge on any atom is -0.487 e. The summed E-state index contributed by atoms with van der Waals surface area (Å²) in [6.07, 6.45) is 0.934. The lowest BCUT2D eigenvalue weighted by molar-refractivity contribution is -0.161. The van der Waals surface area contributed by atoms with Crippen molar-refractivity contribution in [2.24, 2.45) is 5.84 Å². The molecule has 2 aliphatic rings. The Morgan fingerprint density at radius 1 is 0.591 bits per heavy atom. The molecule has 17 heteroatoms. The third-order valence-electron chi connectivity index (χ3n) is 12.1. The van der Waals surface area contributed by atoms with E-state index in [9.17, 15) is 22.8 Å². The van der Waals surface area contributed by atoms with Crippen LogP contribution in [0.15, 0.2) is 9.79 Å². The first-order valence-electron chi connectivity index (χ1n) is 22.8. The van der Waals surface area contributed by atoms with Gasteiger partial charge in [0.2, 0.25) is 10.0 Å². The van der Waals surface area contributed by atoms with Crippen molar-refractivity contribution in [2.75, 3.05) is 6.54 Å². The largest absolute Gasteiger partial charge is 0.487 e. The van der Waals surface area contributed by atoms with Gasteiger partial charge in [0, 0.05) is 13.0 Å². The van der Waals surface area contributed by atoms with Gasteiger partial charge >= 0.3 is 17.9 Å². The maximum Gasteiger partial charge on any atom is 0.326 e. The summed E-state index contributed by atoms with van der Waals surface area (Å²) in [6.45, 7) is 32.3. The average Bonchev–Trinajstić information content (AvgIpc) is 3.12. The van der Waals surface area contributed by atoms with Crippen LogP contribution in [-0.2, 0) is 61.5 Å². The molecule has 0 aliphatic carbocycles. The highest BCUT2D eigenvalue weighted by atomic mass is 32.2. The van der Waals surface area contributed by atoms with Crippen LogP contribution in [0.4, 0.5) is 0 Å². The molecular formula is C49H77N3O12S2. The number of fused-ring (bicyclic) bond motifs is 2. The Bertz CT molecular complexity index is 2460. The van der Waals surface area contributed by atoms with Crippen molar-refractivity contribution in [3.8, 4) is 11.5 Å². The van der Waals surface area contributed by atoms with E-state index < -0.39 is 91.0 Å². The number of esters is 3. The summed E-state index contributed by atoms with van der Waals surface area (Å²) in [5, 5.41) is 0. The molecule has 2 heterocycles. The SMILES string of the molecule is Cc1c(C)c(S(=O)(=O)N(N)[C@@H](CCN([C@@H](CCC(=O)OC(C)(C)C)C(=O)OC(C)(C)C)S(=O)(=O)c2c(C)c(C)c3c(c2C)CCC(C)(C)O3)C(=O)OC(C)(C)C)c(C)c2c1OC(C)(C)CC2. The van der Waals surface area contributed by atoms with E-state index in [1.165, 1.54) is 0 Å². The van der Waals surface area contributed by atoms with Gasteiger partial charge in [-0.1, -0.05) is 0 Å². The van der Waals surface area contributed by atoms with Gasteiger partial charge in [-0.15, -0.1) is 4.41 Å². The van der Waals surface area contributed by atoms with E-state index >= 15 is 8.42 Å². The van der Waals surface area contributed by atoms with E-state index in [1.807, 2.05) is 27.7 Å². The fourth-order valence-electron chi connectivity index (χ4n) is 8.67. The maximum atomic E-state index is 15.7. The predicted molar refractivity (Wildman–Crippen MR) is 253 cm³/mol. The molecule has 0 radical (unpaired) electrons. The first-order chi connectivity index (χ1) is 29.7. The van der Waals surface area contributed by atoms with E-state index in [0.717, 1.165) is 4.31 Å². The van der Waals surface area contributed by atoms with Gasteiger partial charge < -0.3 is 23.7 Å².